The number of methoxy groups -OCH3 is 4. The molecule has 1 aliphatic rings. The van der Waals surface area contributed by atoms with Crippen LogP contribution in [0.4, 0.5) is 0 Å². The minimum Gasteiger partial charge on any atom is -0.507 e. The fourth-order valence-electron chi connectivity index (χ4n) is 4.24. The number of benzene rings is 2. The number of rotatable bonds is 8. The topological polar surface area (TPSA) is 107 Å². The predicted octanol–water partition coefficient (Wildman–Crippen LogP) is 3.74. The maximum Gasteiger partial charge on any atom is 0.295 e. The third kappa shape index (κ3) is 4.43. The highest BCUT2D eigenvalue weighted by Crippen LogP contribution is 2.46. The third-order valence-corrected chi connectivity index (χ3v) is 5.98. The van der Waals surface area contributed by atoms with Crippen LogP contribution in [0.2, 0.25) is 0 Å². The molecular weight excluding hydrogens is 464 g/mol. The number of likely N-dealkylation sites (tertiary alicyclic amines) is 1. The molecule has 186 valence electrons. The van der Waals surface area contributed by atoms with Crippen molar-refractivity contribution >= 4 is 17.4 Å². The summed E-state index contributed by atoms with van der Waals surface area (Å²) in [5.74, 6) is -0.193. The van der Waals surface area contributed by atoms with Gasteiger partial charge >= 0.3 is 0 Å². The summed E-state index contributed by atoms with van der Waals surface area (Å²) in [5, 5.41) is 11.3. The molecule has 0 spiro atoms. The third-order valence-electron chi connectivity index (χ3n) is 5.98. The Morgan fingerprint density at radius 3 is 2.14 bits per heavy atom. The number of ether oxygens (including phenoxy) is 4. The normalized spacial score (nSPS) is 16.7. The summed E-state index contributed by atoms with van der Waals surface area (Å²) >= 11 is 0. The lowest BCUT2D eigenvalue weighted by Crippen LogP contribution is -2.29. The first-order valence-corrected chi connectivity index (χ1v) is 11.0. The number of carbonyl (C=O) groups excluding carboxylic acids is 2. The average Bonchev–Trinajstić information content (AvgIpc) is 3.17. The molecule has 0 unspecified atom stereocenters. The number of Topliss-reactive ketones (excluding diaryl/α,β-unsaturated/α-hetero) is 1. The van der Waals surface area contributed by atoms with E-state index in [4.69, 9.17) is 18.9 Å². The summed E-state index contributed by atoms with van der Waals surface area (Å²) in [5.41, 5.74) is 1.54. The maximum atomic E-state index is 13.3. The summed E-state index contributed by atoms with van der Waals surface area (Å²) in [4.78, 5) is 32.1. The summed E-state index contributed by atoms with van der Waals surface area (Å²) in [6.07, 6.45) is 3.24. The van der Waals surface area contributed by atoms with E-state index in [1.54, 1.807) is 54.9 Å². The van der Waals surface area contributed by atoms with Crippen molar-refractivity contribution in [3.8, 4) is 23.0 Å². The molecule has 9 nitrogen and oxygen atoms in total. The molecule has 1 aromatic heterocycles. The molecule has 0 radical (unpaired) electrons. The summed E-state index contributed by atoms with van der Waals surface area (Å²) in [6, 6.07) is 12.5. The number of hydrogen-bond acceptors (Lipinski definition) is 8. The molecule has 3 aromatic rings. The van der Waals surface area contributed by atoms with Gasteiger partial charge in [0.05, 0.1) is 40.1 Å². The Labute approximate surface area is 208 Å². The van der Waals surface area contributed by atoms with E-state index in [9.17, 15) is 14.7 Å². The Bertz CT molecular complexity index is 1280. The van der Waals surface area contributed by atoms with E-state index in [1.807, 2.05) is 6.07 Å². The second-order valence-electron chi connectivity index (χ2n) is 7.98. The van der Waals surface area contributed by atoms with Crippen LogP contribution in [0.15, 0.2) is 66.5 Å². The fraction of sp³-hybridized carbons (Fsp3) is 0.222. The van der Waals surface area contributed by atoms with Crippen LogP contribution in [0.3, 0.4) is 0 Å². The van der Waals surface area contributed by atoms with Gasteiger partial charge in [-0.3, -0.25) is 14.6 Å². The second-order valence-corrected chi connectivity index (χ2v) is 7.98. The highest BCUT2D eigenvalue weighted by molar-refractivity contribution is 6.46. The molecule has 0 aliphatic carbocycles. The Morgan fingerprint density at radius 1 is 0.944 bits per heavy atom. The molecule has 1 saturated heterocycles. The molecular formula is C27H26N2O7. The molecule has 0 bridgehead atoms. The van der Waals surface area contributed by atoms with E-state index < -0.39 is 17.7 Å². The molecule has 2 heterocycles. The minimum atomic E-state index is -0.930. The van der Waals surface area contributed by atoms with Crippen LogP contribution in [0, 0.1) is 0 Å². The van der Waals surface area contributed by atoms with Gasteiger partial charge in [-0.2, -0.15) is 0 Å². The van der Waals surface area contributed by atoms with E-state index in [-0.39, 0.29) is 17.9 Å². The van der Waals surface area contributed by atoms with E-state index in [1.165, 1.54) is 33.3 Å². The van der Waals surface area contributed by atoms with Crippen LogP contribution in [-0.4, -0.2) is 55.1 Å². The minimum absolute atomic E-state index is 0.0525. The highest BCUT2D eigenvalue weighted by Gasteiger charge is 2.46. The fourth-order valence-corrected chi connectivity index (χ4v) is 4.24. The SMILES string of the molecule is COc1ccc(/C(O)=C2\C(=O)C(=O)N(Cc3cccnc3)[C@H]2c2cc(OC)c(OC)c(OC)c2)cc1. The Balaban J connectivity index is 1.93. The lowest BCUT2D eigenvalue weighted by atomic mass is 9.94. The van der Waals surface area contributed by atoms with Crippen molar-refractivity contribution in [3.63, 3.8) is 0 Å². The number of nitrogens with zero attached hydrogens (tertiary/aromatic N) is 2. The number of hydrogen-bond donors (Lipinski definition) is 1. The van der Waals surface area contributed by atoms with Gasteiger partial charge in [0.1, 0.15) is 11.5 Å². The Hall–Kier alpha value is -4.53. The number of aliphatic hydroxyl groups is 1. The molecule has 1 atom stereocenters. The van der Waals surface area contributed by atoms with Gasteiger partial charge in [-0.15, -0.1) is 0 Å². The van der Waals surface area contributed by atoms with Crippen molar-refractivity contribution in [1.29, 1.82) is 0 Å². The quantitative estimate of drug-likeness (QED) is 0.289. The first kappa shape index (κ1) is 24.6. The van der Waals surface area contributed by atoms with Crippen molar-refractivity contribution in [3.05, 3.63) is 83.2 Å². The van der Waals surface area contributed by atoms with Gasteiger partial charge in [-0.25, -0.2) is 0 Å². The standard InChI is InChI=1S/C27H26N2O7/c1-33-19-9-7-17(8-10-19)24(30)22-23(18-12-20(34-2)26(36-4)21(13-18)35-3)29(27(32)25(22)31)15-16-6-5-11-28-14-16/h5-14,23,30H,15H2,1-4H3/b24-22+/t23-/m0/s1. The van der Waals surface area contributed by atoms with Crippen LogP contribution in [0.5, 0.6) is 23.0 Å². The molecule has 2 aromatic carbocycles. The van der Waals surface area contributed by atoms with Crippen molar-refractivity contribution in [2.45, 2.75) is 12.6 Å². The van der Waals surface area contributed by atoms with Crippen LogP contribution in [-0.2, 0) is 16.1 Å². The van der Waals surface area contributed by atoms with Gasteiger partial charge in [0.25, 0.3) is 11.7 Å². The Morgan fingerprint density at radius 2 is 1.61 bits per heavy atom. The number of amides is 1. The molecule has 1 N–H and O–H groups in total. The van der Waals surface area contributed by atoms with Gasteiger partial charge in [0.15, 0.2) is 11.5 Å². The number of ketones is 1. The molecule has 1 fully saturated rings. The van der Waals surface area contributed by atoms with Gasteiger partial charge in [0, 0.05) is 24.5 Å². The smallest absolute Gasteiger partial charge is 0.295 e. The van der Waals surface area contributed by atoms with Crippen molar-refractivity contribution in [2.24, 2.45) is 0 Å². The van der Waals surface area contributed by atoms with E-state index in [0.29, 0.717) is 34.1 Å². The van der Waals surface area contributed by atoms with Crippen molar-refractivity contribution < 1.29 is 33.6 Å². The molecule has 36 heavy (non-hydrogen) atoms. The van der Waals surface area contributed by atoms with Gasteiger partial charge in [0.2, 0.25) is 5.75 Å². The lowest BCUT2D eigenvalue weighted by molar-refractivity contribution is -0.140. The summed E-state index contributed by atoms with van der Waals surface area (Å²) in [6.45, 7) is 0.0964. The zero-order valence-electron chi connectivity index (χ0n) is 20.3. The predicted molar refractivity (Wildman–Crippen MR) is 131 cm³/mol. The van der Waals surface area contributed by atoms with E-state index in [2.05, 4.69) is 4.98 Å². The van der Waals surface area contributed by atoms with Crippen LogP contribution < -0.4 is 18.9 Å². The summed E-state index contributed by atoms with van der Waals surface area (Å²) < 4.78 is 21.6. The molecule has 1 aliphatic heterocycles. The molecule has 1 amide bonds. The Kier molecular flexibility index (Phi) is 7.10. The largest absolute Gasteiger partial charge is 0.507 e. The number of carbonyl (C=O) groups is 2. The van der Waals surface area contributed by atoms with E-state index >= 15 is 0 Å². The summed E-state index contributed by atoms with van der Waals surface area (Å²) in [7, 11) is 5.97. The van der Waals surface area contributed by atoms with Crippen molar-refractivity contribution in [2.75, 3.05) is 28.4 Å². The number of aliphatic hydroxyl groups excluding tert-OH is 1. The van der Waals surface area contributed by atoms with Crippen LogP contribution in [0.25, 0.3) is 5.76 Å². The van der Waals surface area contributed by atoms with Crippen LogP contribution >= 0.6 is 0 Å². The highest BCUT2D eigenvalue weighted by atomic mass is 16.5. The first-order valence-electron chi connectivity index (χ1n) is 11.0. The maximum absolute atomic E-state index is 13.3. The molecule has 0 saturated carbocycles. The second kappa shape index (κ2) is 10.4. The number of pyridine rings is 1. The lowest BCUT2D eigenvalue weighted by Gasteiger charge is -2.26. The molecule has 9 heteroatoms. The molecule has 4 rings (SSSR count). The van der Waals surface area contributed by atoms with Gasteiger partial charge < -0.3 is 29.0 Å². The van der Waals surface area contributed by atoms with Crippen molar-refractivity contribution in [1.82, 2.24) is 9.88 Å². The zero-order chi connectivity index (χ0) is 25.8. The van der Waals surface area contributed by atoms with Gasteiger partial charge in [-0.05, 0) is 53.6 Å². The average molecular weight is 491 g/mol. The first-order chi connectivity index (χ1) is 17.4. The van der Waals surface area contributed by atoms with Crippen LogP contribution in [0.1, 0.15) is 22.7 Å². The zero-order valence-corrected chi connectivity index (χ0v) is 20.3. The monoisotopic (exact) mass is 490 g/mol. The number of aromatic nitrogens is 1. The van der Waals surface area contributed by atoms with Gasteiger partial charge in [-0.1, -0.05) is 6.07 Å². The van der Waals surface area contributed by atoms with E-state index in [0.717, 1.165) is 5.56 Å².